The topological polar surface area (TPSA) is 91.0 Å². The number of halogens is 3. The third-order valence-electron chi connectivity index (χ3n) is 3.92. The van der Waals surface area contributed by atoms with Crippen molar-refractivity contribution in [3.63, 3.8) is 0 Å². The third kappa shape index (κ3) is 3.84. The maximum Gasteiger partial charge on any atom is 0.328 e. The smallest absolute Gasteiger partial charge is 0.328 e. The minimum atomic E-state index is -0.670. The fourth-order valence-corrected chi connectivity index (χ4v) is 3.14. The Kier molecular flexibility index (Phi) is 5.26. The van der Waals surface area contributed by atoms with Gasteiger partial charge in [-0.3, -0.25) is 9.55 Å². The summed E-state index contributed by atoms with van der Waals surface area (Å²) in [7, 11) is 1.47. The Balaban J connectivity index is 2.00. The summed E-state index contributed by atoms with van der Waals surface area (Å²) < 4.78 is 22.2. The second-order valence-electron chi connectivity index (χ2n) is 5.70. The van der Waals surface area contributed by atoms with E-state index in [1.54, 1.807) is 6.07 Å². The highest BCUT2D eigenvalue weighted by Gasteiger charge is 2.19. The Bertz CT molecular complexity index is 1130. The predicted molar refractivity (Wildman–Crippen MR) is 101 cm³/mol. The molecule has 0 fully saturated rings. The van der Waals surface area contributed by atoms with Crippen LogP contribution in [0.1, 0.15) is 16.8 Å². The zero-order chi connectivity index (χ0) is 19.7. The van der Waals surface area contributed by atoms with Gasteiger partial charge in [-0.05, 0) is 45.8 Å². The molecule has 0 aliphatic rings. The number of aromatic amines is 1. The van der Waals surface area contributed by atoms with Crippen LogP contribution in [0.4, 0.5) is 4.39 Å². The number of rotatable bonds is 4. The van der Waals surface area contributed by atoms with Gasteiger partial charge in [0, 0.05) is 18.5 Å². The fourth-order valence-electron chi connectivity index (χ4n) is 2.53. The Hall–Kier alpha value is -2.76. The quantitative estimate of drug-likeness (QED) is 0.620. The summed E-state index contributed by atoms with van der Waals surface area (Å²) in [6.07, 6.45) is -0.0322. The molecular formula is C18H12BrClFN3O3. The van der Waals surface area contributed by atoms with Crippen molar-refractivity contribution >= 4 is 27.5 Å². The van der Waals surface area contributed by atoms with Crippen LogP contribution in [0.25, 0.3) is 0 Å². The van der Waals surface area contributed by atoms with E-state index in [1.807, 2.05) is 6.07 Å². The van der Waals surface area contributed by atoms with Gasteiger partial charge in [-0.25, -0.2) is 9.18 Å². The SMILES string of the molecule is Cn1c(Cc2ccc(Br)c(Oc3cc(Cl)cc(C#N)c3)c2F)c(O)[nH]c1=O. The molecule has 2 N–H and O–H groups in total. The summed E-state index contributed by atoms with van der Waals surface area (Å²) in [6, 6.07) is 9.41. The van der Waals surface area contributed by atoms with E-state index < -0.39 is 11.5 Å². The number of hydrogen-bond donors (Lipinski definition) is 2. The van der Waals surface area contributed by atoms with Crippen molar-refractivity contribution in [2.75, 3.05) is 0 Å². The van der Waals surface area contributed by atoms with Crippen molar-refractivity contribution in [1.82, 2.24) is 9.55 Å². The Morgan fingerprint density at radius 1 is 1.41 bits per heavy atom. The molecule has 9 heteroatoms. The molecule has 0 aliphatic heterocycles. The van der Waals surface area contributed by atoms with Crippen LogP contribution < -0.4 is 10.4 Å². The van der Waals surface area contributed by atoms with Crippen LogP contribution in [0.3, 0.4) is 0 Å². The lowest BCUT2D eigenvalue weighted by molar-refractivity contribution is 0.433. The molecular weight excluding hydrogens is 441 g/mol. The summed E-state index contributed by atoms with van der Waals surface area (Å²) in [5, 5.41) is 19.1. The molecule has 3 rings (SSSR count). The van der Waals surface area contributed by atoms with E-state index in [-0.39, 0.29) is 45.6 Å². The number of aromatic hydroxyl groups is 1. The van der Waals surface area contributed by atoms with Gasteiger partial charge in [0.2, 0.25) is 5.88 Å². The maximum atomic E-state index is 15.0. The lowest BCUT2D eigenvalue weighted by Crippen LogP contribution is -2.15. The molecule has 0 saturated carbocycles. The minimum Gasteiger partial charge on any atom is -0.493 e. The van der Waals surface area contributed by atoms with Crippen molar-refractivity contribution in [2.45, 2.75) is 6.42 Å². The Morgan fingerprint density at radius 2 is 2.15 bits per heavy atom. The van der Waals surface area contributed by atoms with E-state index in [2.05, 4.69) is 20.9 Å². The van der Waals surface area contributed by atoms with Crippen LogP contribution >= 0.6 is 27.5 Å². The fraction of sp³-hybridized carbons (Fsp3) is 0.111. The van der Waals surface area contributed by atoms with Gasteiger partial charge in [-0.2, -0.15) is 5.26 Å². The molecule has 0 aliphatic carbocycles. The summed E-state index contributed by atoms with van der Waals surface area (Å²) in [5.41, 5.74) is 0.221. The number of benzene rings is 2. The van der Waals surface area contributed by atoms with E-state index in [4.69, 9.17) is 21.6 Å². The van der Waals surface area contributed by atoms with Gasteiger partial charge in [0.25, 0.3) is 0 Å². The van der Waals surface area contributed by atoms with Gasteiger partial charge in [-0.15, -0.1) is 0 Å². The summed E-state index contributed by atoms with van der Waals surface area (Å²) in [4.78, 5) is 13.8. The Morgan fingerprint density at radius 3 is 2.78 bits per heavy atom. The van der Waals surface area contributed by atoms with Crippen LogP contribution in [-0.4, -0.2) is 14.7 Å². The molecule has 6 nitrogen and oxygen atoms in total. The summed E-state index contributed by atoms with van der Waals surface area (Å²) in [6.45, 7) is 0. The number of imidazole rings is 1. The number of nitrogens with zero attached hydrogens (tertiary/aromatic N) is 2. The van der Waals surface area contributed by atoms with E-state index in [9.17, 15) is 9.90 Å². The largest absolute Gasteiger partial charge is 0.493 e. The molecule has 0 amide bonds. The highest BCUT2D eigenvalue weighted by atomic mass is 79.9. The van der Waals surface area contributed by atoms with Gasteiger partial charge >= 0.3 is 5.69 Å². The van der Waals surface area contributed by atoms with Crippen LogP contribution in [0.15, 0.2) is 39.6 Å². The van der Waals surface area contributed by atoms with Gasteiger partial charge in [-0.1, -0.05) is 17.7 Å². The summed E-state index contributed by atoms with van der Waals surface area (Å²) >= 11 is 9.19. The van der Waals surface area contributed by atoms with Gasteiger partial charge in [0.1, 0.15) is 5.75 Å². The van der Waals surface area contributed by atoms with Crippen LogP contribution in [0, 0.1) is 17.1 Å². The van der Waals surface area contributed by atoms with Crippen molar-refractivity contribution in [3.8, 4) is 23.4 Å². The highest BCUT2D eigenvalue weighted by Crippen LogP contribution is 2.36. The molecule has 1 heterocycles. The number of nitriles is 1. The number of nitrogens with one attached hydrogen (secondary N) is 1. The number of aromatic nitrogens is 2. The first-order chi connectivity index (χ1) is 12.8. The molecule has 138 valence electrons. The lowest BCUT2D eigenvalue weighted by Gasteiger charge is -2.13. The van der Waals surface area contributed by atoms with E-state index >= 15 is 4.39 Å². The summed E-state index contributed by atoms with van der Waals surface area (Å²) in [5.74, 6) is -0.886. The van der Waals surface area contributed by atoms with E-state index in [0.717, 1.165) is 0 Å². The molecule has 2 aromatic carbocycles. The zero-order valence-corrected chi connectivity index (χ0v) is 16.2. The first-order valence-electron chi connectivity index (χ1n) is 7.62. The molecule has 0 atom stereocenters. The average Bonchev–Trinajstić information content (AvgIpc) is 2.86. The lowest BCUT2D eigenvalue weighted by atomic mass is 10.1. The van der Waals surface area contributed by atoms with Gasteiger partial charge in [0.15, 0.2) is 11.6 Å². The van der Waals surface area contributed by atoms with Crippen molar-refractivity contribution in [3.05, 3.63) is 72.9 Å². The maximum absolute atomic E-state index is 15.0. The number of hydrogen-bond acceptors (Lipinski definition) is 4. The normalized spacial score (nSPS) is 10.6. The molecule has 0 bridgehead atoms. The molecule has 0 unspecified atom stereocenters. The first kappa shape index (κ1) is 19.0. The molecule has 0 radical (unpaired) electrons. The monoisotopic (exact) mass is 451 g/mol. The van der Waals surface area contributed by atoms with Crippen molar-refractivity contribution in [1.29, 1.82) is 5.26 Å². The van der Waals surface area contributed by atoms with E-state index in [1.165, 1.54) is 35.9 Å². The molecule has 1 aromatic heterocycles. The minimum absolute atomic E-state index is 0.0322. The van der Waals surface area contributed by atoms with Crippen molar-refractivity contribution < 1.29 is 14.2 Å². The second-order valence-corrected chi connectivity index (χ2v) is 6.99. The van der Waals surface area contributed by atoms with Crippen molar-refractivity contribution in [2.24, 2.45) is 7.05 Å². The average molecular weight is 453 g/mol. The molecule has 0 spiro atoms. The third-order valence-corrected chi connectivity index (χ3v) is 4.76. The number of ether oxygens (including phenoxy) is 1. The molecule has 27 heavy (non-hydrogen) atoms. The van der Waals surface area contributed by atoms with Crippen LogP contribution in [0.5, 0.6) is 17.4 Å². The zero-order valence-electron chi connectivity index (χ0n) is 13.9. The Labute approximate surface area is 166 Å². The molecule has 3 aromatic rings. The van der Waals surface area contributed by atoms with Crippen LogP contribution in [-0.2, 0) is 13.5 Å². The number of H-pyrrole nitrogens is 1. The van der Waals surface area contributed by atoms with Crippen LogP contribution in [0.2, 0.25) is 5.02 Å². The highest BCUT2D eigenvalue weighted by molar-refractivity contribution is 9.10. The molecule has 0 saturated heterocycles. The predicted octanol–water partition coefficient (Wildman–Crippen LogP) is 4.23. The standard InChI is InChI=1S/C18H12BrClFN3O3/c1-24-14(17(25)23-18(24)26)6-10-2-3-13(19)16(15(10)21)27-12-5-9(8-22)4-11(20)7-12/h2-5,7,25H,6H2,1H3,(H,23,26). The van der Waals surface area contributed by atoms with Gasteiger partial charge < -0.3 is 9.84 Å². The second kappa shape index (κ2) is 7.47. The first-order valence-corrected chi connectivity index (χ1v) is 8.79. The van der Waals surface area contributed by atoms with Gasteiger partial charge in [0.05, 0.1) is 21.8 Å². The van der Waals surface area contributed by atoms with E-state index in [0.29, 0.717) is 4.47 Å².